The minimum absolute atomic E-state index is 0.0648. The van der Waals surface area contributed by atoms with E-state index in [4.69, 9.17) is 15.2 Å². The van der Waals surface area contributed by atoms with Crippen molar-refractivity contribution in [3.63, 3.8) is 0 Å². The molecule has 0 aromatic heterocycles. The second kappa shape index (κ2) is 7.81. The van der Waals surface area contributed by atoms with Gasteiger partial charge in [0.15, 0.2) is 0 Å². The van der Waals surface area contributed by atoms with Crippen LogP contribution < -0.4 is 10.5 Å². The van der Waals surface area contributed by atoms with Crippen molar-refractivity contribution in [3.8, 4) is 5.75 Å². The van der Waals surface area contributed by atoms with Gasteiger partial charge in [0.25, 0.3) is 0 Å². The van der Waals surface area contributed by atoms with Crippen molar-refractivity contribution in [2.45, 2.75) is 32.1 Å². The molecule has 2 aromatic rings. The van der Waals surface area contributed by atoms with Gasteiger partial charge in [0.1, 0.15) is 11.9 Å². The largest absolute Gasteiger partial charge is 0.496 e. The first-order valence-electron chi connectivity index (χ1n) is 7.30. The first-order valence-corrected chi connectivity index (χ1v) is 7.30. The van der Waals surface area contributed by atoms with E-state index >= 15 is 0 Å². The maximum Gasteiger partial charge on any atom is 0.124 e. The van der Waals surface area contributed by atoms with Gasteiger partial charge in [-0.15, -0.1) is 0 Å². The number of hydrogen-bond acceptors (Lipinski definition) is 3. The van der Waals surface area contributed by atoms with Crippen LogP contribution >= 0.6 is 0 Å². The van der Waals surface area contributed by atoms with Gasteiger partial charge >= 0.3 is 0 Å². The summed E-state index contributed by atoms with van der Waals surface area (Å²) in [7, 11) is 1.67. The van der Waals surface area contributed by atoms with Crippen LogP contribution in [0.15, 0.2) is 54.6 Å². The van der Waals surface area contributed by atoms with Gasteiger partial charge in [0.2, 0.25) is 0 Å². The zero-order valence-corrected chi connectivity index (χ0v) is 12.7. The van der Waals surface area contributed by atoms with E-state index in [0.29, 0.717) is 6.61 Å². The topological polar surface area (TPSA) is 44.5 Å². The first kappa shape index (κ1) is 15.5. The molecule has 0 radical (unpaired) electrons. The first-order chi connectivity index (χ1) is 10.3. The van der Waals surface area contributed by atoms with Gasteiger partial charge in [0, 0.05) is 11.6 Å². The number of para-hydroxylation sites is 1. The summed E-state index contributed by atoms with van der Waals surface area (Å²) >= 11 is 0. The molecule has 0 saturated carbocycles. The van der Waals surface area contributed by atoms with Gasteiger partial charge in [-0.3, -0.25) is 0 Å². The lowest BCUT2D eigenvalue weighted by molar-refractivity contribution is 0.0198. The monoisotopic (exact) mass is 285 g/mol. The van der Waals surface area contributed by atoms with Crippen molar-refractivity contribution in [3.05, 3.63) is 65.7 Å². The summed E-state index contributed by atoms with van der Waals surface area (Å²) in [5, 5.41) is 0. The zero-order valence-electron chi connectivity index (χ0n) is 12.7. The normalized spacial score (nSPS) is 13.7. The van der Waals surface area contributed by atoms with E-state index in [1.54, 1.807) is 7.11 Å². The minimum atomic E-state index is -0.175. The Morgan fingerprint density at radius 2 is 1.67 bits per heavy atom. The molecule has 0 amide bonds. The molecule has 0 heterocycles. The van der Waals surface area contributed by atoms with Crippen molar-refractivity contribution < 1.29 is 9.47 Å². The molecular formula is C18H23NO2. The van der Waals surface area contributed by atoms with E-state index in [0.717, 1.165) is 23.3 Å². The quantitative estimate of drug-likeness (QED) is 0.843. The minimum Gasteiger partial charge on any atom is -0.496 e. The molecule has 2 N–H and O–H groups in total. The van der Waals surface area contributed by atoms with Crippen molar-refractivity contribution in [1.29, 1.82) is 0 Å². The average molecular weight is 285 g/mol. The van der Waals surface area contributed by atoms with Gasteiger partial charge in [0.05, 0.1) is 13.7 Å². The molecule has 2 atom stereocenters. The molecule has 0 aliphatic rings. The summed E-state index contributed by atoms with van der Waals surface area (Å²) < 4.78 is 11.5. The SMILES string of the molecule is CCC(N)C(OCc1ccccc1)c1ccccc1OC. The number of hydrogen-bond donors (Lipinski definition) is 1. The molecule has 3 nitrogen and oxygen atoms in total. The number of methoxy groups -OCH3 is 1. The van der Waals surface area contributed by atoms with E-state index in [2.05, 4.69) is 19.1 Å². The number of benzene rings is 2. The third-order valence-corrected chi connectivity index (χ3v) is 3.58. The predicted octanol–water partition coefficient (Wildman–Crippen LogP) is 3.69. The highest BCUT2D eigenvalue weighted by Crippen LogP contribution is 2.31. The number of rotatable bonds is 7. The van der Waals surface area contributed by atoms with E-state index in [1.165, 1.54) is 0 Å². The second-order valence-electron chi connectivity index (χ2n) is 5.03. The van der Waals surface area contributed by atoms with Crippen molar-refractivity contribution in [1.82, 2.24) is 0 Å². The summed E-state index contributed by atoms with van der Waals surface area (Å²) in [6.45, 7) is 2.61. The maximum absolute atomic E-state index is 6.26. The summed E-state index contributed by atoms with van der Waals surface area (Å²) in [5.41, 5.74) is 8.40. The highest BCUT2D eigenvalue weighted by atomic mass is 16.5. The van der Waals surface area contributed by atoms with Crippen molar-refractivity contribution >= 4 is 0 Å². The standard InChI is InChI=1S/C18H23NO2/c1-3-16(19)18(15-11-7-8-12-17(15)20-2)21-13-14-9-5-4-6-10-14/h4-12,16,18H,3,13,19H2,1-2H3. The van der Waals surface area contributed by atoms with Crippen LogP contribution in [0.3, 0.4) is 0 Å². The molecule has 2 unspecified atom stereocenters. The van der Waals surface area contributed by atoms with Crippen molar-refractivity contribution in [2.24, 2.45) is 5.73 Å². The van der Waals surface area contributed by atoms with Crippen LogP contribution in [0.5, 0.6) is 5.75 Å². The van der Waals surface area contributed by atoms with Gasteiger partial charge in [-0.25, -0.2) is 0 Å². The molecule has 112 valence electrons. The molecule has 0 bridgehead atoms. The number of nitrogens with two attached hydrogens (primary N) is 1. The highest BCUT2D eigenvalue weighted by Gasteiger charge is 2.22. The third-order valence-electron chi connectivity index (χ3n) is 3.58. The van der Waals surface area contributed by atoms with Crippen LogP contribution in [0.4, 0.5) is 0 Å². The molecule has 0 fully saturated rings. The Hall–Kier alpha value is -1.84. The van der Waals surface area contributed by atoms with E-state index < -0.39 is 0 Å². The van der Waals surface area contributed by atoms with E-state index in [9.17, 15) is 0 Å². The van der Waals surface area contributed by atoms with Crippen LogP contribution in [0.2, 0.25) is 0 Å². The third kappa shape index (κ3) is 4.06. The Morgan fingerprint density at radius 1 is 1.00 bits per heavy atom. The summed E-state index contributed by atoms with van der Waals surface area (Å²) in [6.07, 6.45) is 0.670. The fourth-order valence-corrected chi connectivity index (χ4v) is 2.32. The van der Waals surface area contributed by atoms with E-state index in [1.807, 2.05) is 42.5 Å². The van der Waals surface area contributed by atoms with Gasteiger partial charge in [-0.2, -0.15) is 0 Å². The summed E-state index contributed by atoms with van der Waals surface area (Å²) in [6, 6.07) is 18.0. The predicted molar refractivity (Wildman–Crippen MR) is 85.2 cm³/mol. The van der Waals surface area contributed by atoms with Crippen LogP contribution in [-0.4, -0.2) is 13.2 Å². The number of ether oxygens (including phenoxy) is 2. The van der Waals surface area contributed by atoms with E-state index in [-0.39, 0.29) is 12.1 Å². The molecule has 21 heavy (non-hydrogen) atoms. The summed E-state index contributed by atoms with van der Waals surface area (Å²) in [4.78, 5) is 0. The smallest absolute Gasteiger partial charge is 0.124 e. The zero-order chi connectivity index (χ0) is 15.1. The Kier molecular flexibility index (Phi) is 5.78. The van der Waals surface area contributed by atoms with Crippen LogP contribution in [0.1, 0.15) is 30.6 Å². The lowest BCUT2D eigenvalue weighted by Crippen LogP contribution is -2.29. The fraction of sp³-hybridized carbons (Fsp3) is 0.333. The van der Waals surface area contributed by atoms with Gasteiger partial charge in [-0.1, -0.05) is 55.5 Å². The molecule has 0 aliphatic heterocycles. The Bertz CT molecular complexity index is 542. The lowest BCUT2D eigenvalue weighted by Gasteiger charge is -2.25. The van der Waals surface area contributed by atoms with Crippen LogP contribution in [0, 0.1) is 0 Å². The Balaban J connectivity index is 2.18. The lowest BCUT2D eigenvalue weighted by atomic mass is 10.00. The molecular weight excluding hydrogens is 262 g/mol. The molecule has 3 heteroatoms. The van der Waals surface area contributed by atoms with Crippen LogP contribution in [-0.2, 0) is 11.3 Å². The molecule has 2 aromatic carbocycles. The summed E-state index contributed by atoms with van der Waals surface area (Å²) in [5.74, 6) is 0.819. The molecule has 0 saturated heterocycles. The molecule has 0 spiro atoms. The molecule has 2 rings (SSSR count). The Morgan fingerprint density at radius 3 is 2.33 bits per heavy atom. The highest BCUT2D eigenvalue weighted by molar-refractivity contribution is 5.36. The van der Waals surface area contributed by atoms with Gasteiger partial charge < -0.3 is 15.2 Å². The van der Waals surface area contributed by atoms with Gasteiger partial charge in [-0.05, 0) is 18.1 Å². The van der Waals surface area contributed by atoms with Crippen molar-refractivity contribution in [2.75, 3.05) is 7.11 Å². The second-order valence-corrected chi connectivity index (χ2v) is 5.03. The maximum atomic E-state index is 6.26. The Labute approximate surface area is 126 Å². The van der Waals surface area contributed by atoms with Crippen LogP contribution in [0.25, 0.3) is 0 Å². The average Bonchev–Trinajstić information content (AvgIpc) is 2.56. The molecule has 0 aliphatic carbocycles. The fourth-order valence-electron chi connectivity index (χ4n) is 2.32.